The van der Waals surface area contributed by atoms with Crippen LogP contribution in [-0.4, -0.2) is 29.0 Å². The molecule has 0 unspecified atom stereocenters. The summed E-state index contributed by atoms with van der Waals surface area (Å²) in [6.07, 6.45) is 3.18. The zero-order valence-corrected chi connectivity index (χ0v) is 13.0. The molecule has 1 aliphatic rings. The van der Waals surface area contributed by atoms with Crippen LogP contribution in [0, 0.1) is 5.41 Å². The molecule has 1 heterocycles. The average Bonchev–Trinajstić information content (AvgIpc) is 2.49. The molecule has 0 saturated carbocycles. The third-order valence-corrected chi connectivity index (χ3v) is 4.31. The maximum atomic E-state index is 12.4. The number of hydrogen-bond acceptors (Lipinski definition) is 2. The molecule has 1 saturated heterocycles. The van der Waals surface area contributed by atoms with Gasteiger partial charge in [0.25, 0.3) is 5.91 Å². The van der Waals surface area contributed by atoms with E-state index in [-0.39, 0.29) is 11.7 Å². The highest BCUT2D eigenvalue weighted by Gasteiger charge is 2.26. The van der Waals surface area contributed by atoms with E-state index in [1.54, 1.807) is 18.2 Å². The number of benzene rings is 1. The minimum atomic E-state index is -0.0669. The van der Waals surface area contributed by atoms with Gasteiger partial charge in [-0.3, -0.25) is 4.79 Å². The number of carbonyl (C=O) groups excluding carboxylic acids is 1. The van der Waals surface area contributed by atoms with Crippen LogP contribution in [0.2, 0.25) is 0 Å². The molecule has 1 aromatic carbocycles. The monoisotopic (exact) mass is 325 g/mol. The molecule has 4 heteroatoms. The summed E-state index contributed by atoms with van der Waals surface area (Å²) in [5.41, 5.74) is 0.694. The lowest BCUT2D eigenvalue weighted by Gasteiger charge is -2.23. The van der Waals surface area contributed by atoms with Crippen LogP contribution in [0.15, 0.2) is 22.7 Å². The molecule has 0 atom stereocenters. The van der Waals surface area contributed by atoms with Crippen LogP contribution in [0.3, 0.4) is 0 Å². The predicted octanol–water partition coefficient (Wildman–Crippen LogP) is 3.81. The highest BCUT2D eigenvalue weighted by Crippen LogP contribution is 2.31. The number of phenolic OH excluding ortho intramolecular Hbond substituents is 1. The topological polar surface area (TPSA) is 40.5 Å². The van der Waals surface area contributed by atoms with Crippen molar-refractivity contribution in [1.82, 2.24) is 4.90 Å². The maximum absolute atomic E-state index is 12.4. The van der Waals surface area contributed by atoms with Gasteiger partial charge in [-0.2, -0.15) is 0 Å². The highest BCUT2D eigenvalue weighted by atomic mass is 79.9. The van der Waals surface area contributed by atoms with Gasteiger partial charge < -0.3 is 10.0 Å². The second kappa shape index (κ2) is 5.53. The number of carbonyl (C=O) groups is 1. The minimum absolute atomic E-state index is 0.0443. The third kappa shape index (κ3) is 3.50. The molecule has 1 N–H and O–H groups in total. The van der Waals surface area contributed by atoms with Crippen molar-refractivity contribution in [1.29, 1.82) is 0 Å². The fourth-order valence-electron chi connectivity index (χ4n) is 2.48. The molecule has 104 valence electrons. The lowest BCUT2D eigenvalue weighted by Crippen LogP contribution is -2.32. The van der Waals surface area contributed by atoms with Gasteiger partial charge in [0, 0.05) is 17.6 Å². The normalized spacial score (nSPS) is 19.0. The number of aromatic hydroxyl groups is 1. The van der Waals surface area contributed by atoms with Gasteiger partial charge in [-0.25, -0.2) is 0 Å². The van der Waals surface area contributed by atoms with Crippen LogP contribution < -0.4 is 0 Å². The fourth-order valence-corrected chi connectivity index (χ4v) is 2.83. The molecule has 2 rings (SSSR count). The van der Waals surface area contributed by atoms with Crippen molar-refractivity contribution >= 4 is 21.8 Å². The summed E-state index contributed by atoms with van der Waals surface area (Å²) in [5.74, 6) is -0.0226. The Kier molecular flexibility index (Phi) is 4.19. The summed E-state index contributed by atoms with van der Waals surface area (Å²) in [6.45, 7) is 6.04. The zero-order valence-electron chi connectivity index (χ0n) is 11.4. The van der Waals surface area contributed by atoms with Crippen molar-refractivity contribution < 1.29 is 9.90 Å². The van der Waals surface area contributed by atoms with Gasteiger partial charge in [0.2, 0.25) is 0 Å². The third-order valence-electron chi connectivity index (χ3n) is 3.82. The summed E-state index contributed by atoms with van der Waals surface area (Å²) < 4.78 is 0.776. The summed E-state index contributed by atoms with van der Waals surface area (Å²) in [7, 11) is 0. The molecule has 1 fully saturated rings. The molecule has 1 amide bonds. The maximum Gasteiger partial charge on any atom is 0.257 e. The number of likely N-dealkylation sites (tertiary alicyclic amines) is 1. The van der Waals surface area contributed by atoms with Crippen LogP contribution in [0.4, 0.5) is 0 Å². The van der Waals surface area contributed by atoms with Crippen molar-refractivity contribution in [2.24, 2.45) is 5.41 Å². The zero-order chi connectivity index (χ0) is 14.0. The molecule has 19 heavy (non-hydrogen) atoms. The SMILES string of the molecule is CC1(C)CCCN(C(=O)c2ccc(Br)cc2O)CC1. The van der Waals surface area contributed by atoms with Crippen molar-refractivity contribution in [2.45, 2.75) is 33.1 Å². The van der Waals surface area contributed by atoms with E-state index in [9.17, 15) is 9.90 Å². The number of rotatable bonds is 1. The predicted molar refractivity (Wildman–Crippen MR) is 79.3 cm³/mol. The second-order valence-corrected chi connectivity index (χ2v) is 6.89. The number of nitrogens with zero attached hydrogens (tertiary/aromatic N) is 1. The Morgan fingerprint density at radius 2 is 2.05 bits per heavy atom. The van der Waals surface area contributed by atoms with Crippen molar-refractivity contribution in [3.8, 4) is 5.75 Å². The van der Waals surface area contributed by atoms with Crippen LogP contribution in [0.25, 0.3) is 0 Å². The van der Waals surface area contributed by atoms with E-state index in [4.69, 9.17) is 0 Å². The lowest BCUT2D eigenvalue weighted by atomic mass is 9.85. The Balaban J connectivity index is 2.15. The molecular formula is C15H20BrNO2. The fraction of sp³-hybridized carbons (Fsp3) is 0.533. The summed E-state index contributed by atoms with van der Waals surface area (Å²) in [6, 6.07) is 5.03. The molecule has 0 bridgehead atoms. The Hall–Kier alpha value is -1.03. The summed E-state index contributed by atoms with van der Waals surface area (Å²) in [5, 5.41) is 9.89. The van der Waals surface area contributed by atoms with E-state index in [2.05, 4.69) is 29.8 Å². The van der Waals surface area contributed by atoms with Gasteiger partial charge in [0.1, 0.15) is 5.75 Å². The van der Waals surface area contributed by atoms with E-state index >= 15 is 0 Å². The first kappa shape index (κ1) is 14.4. The molecule has 1 aliphatic heterocycles. The smallest absolute Gasteiger partial charge is 0.257 e. The van der Waals surface area contributed by atoms with Gasteiger partial charge >= 0.3 is 0 Å². The van der Waals surface area contributed by atoms with Gasteiger partial charge in [-0.1, -0.05) is 29.8 Å². The lowest BCUT2D eigenvalue weighted by molar-refractivity contribution is 0.0754. The summed E-state index contributed by atoms with van der Waals surface area (Å²) in [4.78, 5) is 14.3. The van der Waals surface area contributed by atoms with Crippen LogP contribution in [0.5, 0.6) is 5.75 Å². The number of hydrogen-bond donors (Lipinski definition) is 1. The Bertz CT molecular complexity index is 485. The molecule has 3 nitrogen and oxygen atoms in total. The number of phenols is 1. The van der Waals surface area contributed by atoms with E-state index in [0.29, 0.717) is 11.0 Å². The largest absolute Gasteiger partial charge is 0.507 e. The summed E-state index contributed by atoms with van der Waals surface area (Å²) >= 11 is 3.28. The van der Waals surface area contributed by atoms with Crippen LogP contribution in [-0.2, 0) is 0 Å². The van der Waals surface area contributed by atoms with E-state index in [1.807, 2.05) is 4.90 Å². The van der Waals surface area contributed by atoms with Crippen molar-refractivity contribution in [3.63, 3.8) is 0 Å². The number of amides is 1. The van der Waals surface area contributed by atoms with Gasteiger partial charge in [-0.05, 0) is 42.9 Å². The average molecular weight is 326 g/mol. The van der Waals surface area contributed by atoms with Crippen molar-refractivity contribution in [3.05, 3.63) is 28.2 Å². The first-order valence-electron chi connectivity index (χ1n) is 6.67. The Morgan fingerprint density at radius 1 is 1.32 bits per heavy atom. The minimum Gasteiger partial charge on any atom is -0.507 e. The molecule has 0 spiro atoms. The van der Waals surface area contributed by atoms with Gasteiger partial charge in [0.05, 0.1) is 5.56 Å². The first-order chi connectivity index (χ1) is 8.89. The first-order valence-corrected chi connectivity index (χ1v) is 7.46. The van der Waals surface area contributed by atoms with Gasteiger partial charge in [0.15, 0.2) is 0 Å². The van der Waals surface area contributed by atoms with Gasteiger partial charge in [-0.15, -0.1) is 0 Å². The van der Waals surface area contributed by atoms with Crippen LogP contribution in [0.1, 0.15) is 43.5 Å². The molecule has 0 radical (unpaired) electrons. The molecular weight excluding hydrogens is 306 g/mol. The molecule has 0 aromatic heterocycles. The molecule has 1 aromatic rings. The van der Waals surface area contributed by atoms with E-state index in [1.165, 1.54) is 0 Å². The molecule has 0 aliphatic carbocycles. The quantitative estimate of drug-likeness (QED) is 0.853. The van der Waals surface area contributed by atoms with Crippen molar-refractivity contribution in [2.75, 3.05) is 13.1 Å². The Labute approximate surface area is 122 Å². The van der Waals surface area contributed by atoms with E-state index < -0.39 is 0 Å². The number of halogens is 1. The Morgan fingerprint density at radius 3 is 2.74 bits per heavy atom. The van der Waals surface area contributed by atoms with E-state index in [0.717, 1.165) is 36.8 Å². The standard InChI is InChI=1S/C15H20BrNO2/c1-15(2)6-3-8-17(9-7-15)14(19)12-5-4-11(16)10-13(12)18/h4-5,10,18H,3,6-9H2,1-2H3. The second-order valence-electron chi connectivity index (χ2n) is 5.97. The highest BCUT2D eigenvalue weighted by molar-refractivity contribution is 9.10. The van der Waals surface area contributed by atoms with Crippen LogP contribution >= 0.6 is 15.9 Å².